The predicted molar refractivity (Wildman–Crippen MR) is 156 cm³/mol. The predicted octanol–water partition coefficient (Wildman–Crippen LogP) is 2.98. The van der Waals surface area contributed by atoms with Crippen molar-refractivity contribution in [3.8, 4) is 0 Å². The van der Waals surface area contributed by atoms with E-state index < -0.39 is 8.07 Å². The second-order valence-corrected chi connectivity index (χ2v) is 17.3. The van der Waals surface area contributed by atoms with Crippen molar-refractivity contribution in [1.29, 1.82) is 0 Å². The van der Waals surface area contributed by atoms with Gasteiger partial charge in [-0.3, -0.25) is 0 Å². The van der Waals surface area contributed by atoms with Gasteiger partial charge in [0.2, 0.25) is 0 Å². The molecule has 1 aliphatic carbocycles. The van der Waals surface area contributed by atoms with Gasteiger partial charge in [0, 0.05) is 0 Å². The molecule has 38 heavy (non-hydrogen) atoms. The van der Waals surface area contributed by atoms with E-state index in [0.29, 0.717) is 5.92 Å². The summed E-state index contributed by atoms with van der Waals surface area (Å²) in [6, 6.07) is 39.0. The monoisotopic (exact) mass is 717 g/mol. The summed E-state index contributed by atoms with van der Waals surface area (Å²) in [5.41, 5.74) is 4.15. The van der Waals surface area contributed by atoms with Crippen LogP contribution < -0.4 is 24.8 Å². The molecule has 5 aromatic carbocycles. The topological polar surface area (TPSA) is 0 Å². The molecular weight excluding hydrogens is 686 g/mol. The van der Waals surface area contributed by atoms with E-state index in [4.69, 9.17) is 0 Å². The fraction of sp³-hybridized carbons (Fsp3) is 0.118. The summed E-state index contributed by atoms with van der Waals surface area (Å²) in [5, 5.41) is 7.09. The van der Waals surface area contributed by atoms with Gasteiger partial charge in [0.25, 0.3) is 0 Å². The average Bonchev–Trinajstić information content (AvgIpc) is 3.55. The molecule has 0 nitrogen and oxygen atoms in total. The summed E-state index contributed by atoms with van der Waals surface area (Å²) in [6.07, 6.45) is 7.22. The van der Waals surface area contributed by atoms with E-state index in [9.17, 15) is 0 Å². The molecule has 0 amide bonds. The molecule has 0 heterocycles. The number of benzene rings is 4. The zero-order valence-corrected chi connectivity index (χ0v) is 28.1. The van der Waals surface area contributed by atoms with Crippen molar-refractivity contribution >= 4 is 32.9 Å². The van der Waals surface area contributed by atoms with Gasteiger partial charge in [-0.25, -0.2) is 0 Å². The van der Waals surface area contributed by atoms with Gasteiger partial charge in [0.1, 0.15) is 0 Å². The van der Waals surface area contributed by atoms with Gasteiger partial charge in [-0.15, -0.1) is 33.7 Å². The van der Waals surface area contributed by atoms with Gasteiger partial charge in [-0.05, 0) is 5.92 Å². The third-order valence-corrected chi connectivity index (χ3v) is 11.0. The number of fused-ring (bicyclic) bond motifs is 3. The summed E-state index contributed by atoms with van der Waals surface area (Å²) >= 11 is 1.08. The summed E-state index contributed by atoms with van der Waals surface area (Å²) in [4.78, 5) is 0. The minimum atomic E-state index is -1.22. The maximum absolute atomic E-state index is 2.48. The molecule has 0 fully saturated rings. The van der Waals surface area contributed by atoms with Crippen molar-refractivity contribution in [3.63, 3.8) is 0 Å². The number of rotatable bonds is 4. The Morgan fingerprint density at radius 2 is 1.24 bits per heavy atom. The third kappa shape index (κ3) is 6.66. The van der Waals surface area contributed by atoms with Crippen LogP contribution in [0.4, 0.5) is 0 Å². The van der Waals surface area contributed by atoms with Gasteiger partial charge in [0.15, 0.2) is 0 Å². The Morgan fingerprint density at radius 3 is 1.82 bits per heavy atom. The van der Waals surface area contributed by atoms with Crippen molar-refractivity contribution in [2.24, 2.45) is 0 Å². The number of hydrogen-bond acceptors (Lipinski definition) is 0. The van der Waals surface area contributed by atoms with Crippen molar-refractivity contribution in [3.05, 3.63) is 149 Å². The quantitative estimate of drug-likeness (QED) is 0.199. The average molecular weight is 717 g/mol. The normalized spacial score (nSPS) is 14.2. The molecule has 1 atom stereocenters. The SMILES string of the molecule is C[Si](C)(C)C1=CC(c2cccc3c2[cH-]c2ccccc23)C=C1.[Cl-].[Cl-].[Hf+2]=[C](c1ccccc1)c1ccccc1. The number of hydrogen-bond donors (Lipinski definition) is 0. The molecule has 5 aromatic rings. The Bertz CT molecular complexity index is 1530. The Balaban J connectivity index is 0.000000219. The van der Waals surface area contributed by atoms with E-state index >= 15 is 0 Å². The van der Waals surface area contributed by atoms with E-state index in [1.807, 2.05) is 0 Å². The Labute approximate surface area is 254 Å². The Hall–Kier alpha value is -2.23. The summed E-state index contributed by atoms with van der Waals surface area (Å²) in [5.74, 6) is 0.433. The van der Waals surface area contributed by atoms with Crippen LogP contribution in [0.3, 0.4) is 0 Å². The zero-order valence-electron chi connectivity index (χ0n) is 22.0. The van der Waals surface area contributed by atoms with Crippen molar-refractivity contribution < 1.29 is 48.7 Å². The molecule has 1 unspecified atom stereocenters. The van der Waals surface area contributed by atoms with Crippen molar-refractivity contribution in [1.82, 2.24) is 0 Å². The summed E-state index contributed by atoms with van der Waals surface area (Å²) < 4.78 is 1.46. The molecule has 0 N–H and O–H groups in total. The van der Waals surface area contributed by atoms with Crippen LogP contribution in [0.5, 0.6) is 0 Å². The first-order valence-electron chi connectivity index (χ1n) is 12.6. The molecule has 0 aromatic heterocycles. The Morgan fingerprint density at radius 1 is 0.684 bits per heavy atom. The Kier molecular flexibility index (Phi) is 10.5. The van der Waals surface area contributed by atoms with E-state index in [1.165, 1.54) is 41.5 Å². The number of allylic oxidation sites excluding steroid dienone is 4. The van der Waals surface area contributed by atoms with E-state index in [0.717, 1.165) is 23.9 Å². The minimum absolute atomic E-state index is 0. The molecule has 4 heteroatoms. The first-order chi connectivity index (χ1) is 17.4. The molecule has 190 valence electrons. The van der Waals surface area contributed by atoms with Crippen LogP contribution in [0.1, 0.15) is 22.6 Å². The van der Waals surface area contributed by atoms with Gasteiger partial charge in [-0.1, -0.05) is 85.0 Å². The molecule has 0 saturated carbocycles. The molecule has 0 spiro atoms. The molecule has 0 bridgehead atoms. The molecular formula is C34H31Cl2HfSi-. The molecule has 6 rings (SSSR count). The fourth-order valence-corrected chi connectivity index (χ4v) is 7.35. The summed E-state index contributed by atoms with van der Waals surface area (Å²) in [7, 11) is -1.22. The molecule has 0 saturated heterocycles. The van der Waals surface area contributed by atoms with Crippen molar-refractivity contribution in [2.45, 2.75) is 25.6 Å². The second-order valence-electron chi connectivity index (χ2n) is 10.4. The fourth-order valence-electron chi connectivity index (χ4n) is 4.87. The standard InChI is InChI=1S/C21H21Si.C13H10.2ClH.Hf/c1-22(2,3)17-12-11-16(13-17)19-9-6-10-20-18-8-5-4-7-15(18)14-21(19)20;1-3-7-12(8-4-1)11-13-9-5-2-6-10-13;;;/h4-14,16H,1-3H3;1-10H;2*1H;/q-1;;;;+2/p-2. The molecule has 1 aliphatic rings. The van der Waals surface area contributed by atoms with Gasteiger partial charge in [-0.2, -0.15) is 0 Å². The third-order valence-electron chi connectivity index (χ3n) is 6.88. The van der Waals surface area contributed by atoms with Crippen LogP contribution in [-0.2, 0) is 23.9 Å². The van der Waals surface area contributed by atoms with E-state index in [2.05, 4.69) is 147 Å². The maximum atomic E-state index is 2.48. The summed E-state index contributed by atoms with van der Waals surface area (Å²) in [6.45, 7) is 7.26. The first kappa shape index (κ1) is 30.3. The number of halogens is 2. The second kappa shape index (κ2) is 13.2. The van der Waals surface area contributed by atoms with E-state index in [-0.39, 0.29) is 24.8 Å². The van der Waals surface area contributed by atoms with Gasteiger partial charge in [0.05, 0.1) is 8.07 Å². The van der Waals surface area contributed by atoms with Gasteiger partial charge < -0.3 is 24.8 Å². The molecule has 0 aliphatic heterocycles. The van der Waals surface area contributed by atoms with Crippen LogP contribution in [-0.4, -0.2) is 11.3 Å². The first-order valence-corrected chi connectivity index (χ1v) is 17.9. The van der Waals surface area contributed by atoms with Gasteiger partial charge >= 0.3 is 98.9 Å². The van der Waals surface area contributed by atoms with Crippen LogP contribution in [0.25, 0.3) is 21.5 Å². The van der Waals surface area contributed by atoms with Crippen LogP contribution in [0, 0.1) is 0 Å². The molecule has 0 radical (unpaired) electrons. The van der Waals surface area contributed by atoms with Crippen molar-refractivity contribution in [2.75, 3.05) is 0 Å². The zero-order chi connectivity index (χ0) is 25.1. The van der Waals surface area contributed by atoms with Crippen LogP contribution >= 0.6 is 0 Å². The van der Waals surface area contributed by atoms with Crippen LogP contribution in [0.2, 0.25) is 19.6 Å². The van der Waals surface area contributed by atoms with E-state index in [1.54, 1.807) is 5.20 Å². The van der Waals surface area contributed by atoms with Crippen LogP contribution in [0.15, 0.2) is 133 Å².